The molecule has 0 aliphatic carbocycles. The fourth-order valence-corrected chi connectivity index (χ4v) is 4.92. The van der Waals surface area contributed by atoms with Gasteiger partial charge in [0.2, 0.25) is 5.91 Å². The van der Waals surface area contributed by atoms with Gasteiger partial charge in [-0.2, -0.15) is 4.98 Å². The largest absolute Gasteiger partial charge is 0.354 e. The van der Waals surface area contributed by atoms with E-state index >= 15 is 0 Å². The molecule has 0 saturated carbocycles. The van der Waals surface area contributed by atoms with Gasteiger partial charge in [-0.3, -0.25) is 14.3 Å². The van der Waals surface area contributed by atoms with E-state index in [-0.39, 0.29) is 17.5 Å². The molecule has 2 fully saturated rings. The molecule has 6 heteroatoms. The quantitative estimate of drug-likeness (QED) is 0.864. The van der Waals surface area contributed by atoms with Crippen LogP contribution in [0.5, 0.6) is 0 Å². The van der Waals surface area contributed by atoms with Crippen molar-refractivity contribution in [3.8, 4) is 0 Å². The van der Waals surface area contributed by atoms with Crippen LogP contribution >= 0.6 is 0 Å². The van der Waals surface area contributed by atoms with E-state index in [9.17, 15) is 9.59 Å². The van der Waals surface area contributed by atoms with Gasteiger partial charge in [0.15, 0.2) is 0 Å². The van der Waals surface area contributed by atoms with Gasteiger partial charge in [0.05, 0.1) is 5.92 Å². The maximum absolute atomic E-state index is 12.9. The summed E-state index contributed by atoms with van der Waals surface area (Å²) in [6.07, 6.45) is 3.11. The van der Waals surface area contributed by atoms with Crippen LogP contribution in [0.1, 0.15) is 42.3 Å². The van der Waals surface area contributed by atoms with Gasteiger partial charge < -0.3 is 5.32 Å². The molecule has 0 spiro atoms. The molecule has 0 unspecified atom stereocenters. The second kappa shape index (κ2) is 7.87. The summed E-state index contributed by atoms with van der Waals surface area (Å²) in [5.41, 5.74) is 2.65. The summed E-state index contributed by atoms with van der Waals surface area (Å²) in [7, 11) is 0. The van der Waals surface area contributed by atoms with Crippen molar-refractivity contribution in [2.24, 2.45) is 5.92 Å². The number of amides is 1. The van der Waals surface area contributed by atoms with Crippen LogP contribution in [0.15, 0.2) is 41.2 Å². The number of rotatable bonds is 5. The Hall–Kier alpha value is -2.47. The topological polar surface area (TPSA) is 67.2 Å². The van der Waals surface area contributed by atoms with Crippen LogP contribution in [0, 0.1) is 19.8 Å². The van der Waals surface area contributed by atoms with Crippen LogP contribution in [0.3, 0.4) is 0 Å². The number of nitrogens with zero attached hydrogens (tertiary/aromatic N) is 3. The molecule has 2 saturated heterocycles. The SMILES string of the molecule is Cc1cc(C)n(CCNC(=O)[C@@H]2C[C@H](c3ccccc3)N3CCC[C@@H]23)c(=O)n1. The highest BCUT2D eigenvalue weighted by Crippen LogP contribution is 2.44. The molecule has 6 nitrogen and oxygen atoms in total. The third kappa shape index (κ3) is 3.61. The van der Waals surface area contributed by atoms with Crippen molar-refractivity contribution in [2.75, 3.05) is 13.1 Å². The molecular weight excluding hydrogens is 352 g/mol. The zero-order valence-electron chi connectivity index (χ0n) is 16.6. The maximum atomic E-state index is 12.9. The highest BCUT2D eigenvalue weighted by Gasteiger charge is 2.46. The summed E-state index contributed by atoms with van der Waals surface area (Å²) in [6.45, 7) is 5.68. The average Bonchev–Trinajstić information content (AvgIpc) is 3.27. The Morgan fingerprint density at radius 2 is 2.04 bits per heavy atom. The maximum Gasteiger partial charge on any atom is 0.348 e. The predicted octanol–water partition coefficient (Wildman–Crippen LogP) is 2.20. The minimum absolute atomic E-state index is 0.0154. The van der Waals surface area contributed by atoms with Gasteiger partial charge in [0, 0.05) is 36.6 Å². The predicted molar refractivity (Wildman–Crippen MR) is 108 cm³/mol. The highest BCUT2D eigenvalue weighted by atomic mass is 16.2. The van der Waals surface area contributed by atoms with Crippen LogP contribution < -0.4 is 11.0 Å². The second-order valence-electron chi connectivity index (χ2n) is 7.98. The first-order chi connectivity index (χ1) is 13.5. The normalized spacial score (nSPS) is 24.3. The Morgan fingerprint density at radius 3 is 2.79 bits per heavy atom. The summed E-state index contributed by atoms with van der Waals surface area (Å²) in [5, 5.41) is 3.07. The zero-order valence-corrected chi connectivity index (χ0v) is 16.6. The summed E-state index contributed by atoms with van der Waals surface area (Å²) in [5.74, 6) is 0.128. The Kier molecular flexibility index (Phi) is 5.31. The monoisotopic (exact) mass is 380 g/mol. The third-order valence-electron chi connectivity index (χ3n) is 6.19. The number of carbonyl (C=O) groups is 1. The van der Waals surface area contributed by atoms with E-state index in [0.29, 0.717) is 25.2 Å². The standard InChI is InChI=1S/C22H28N4O2/c1-15-13-16(2)25(22(28)24-15)12-10-23-21(27)18-14-20(17-7-4-3-5-8-17)26-11-6-9-19(18)26/h3-5,7-8,13,18-20H,6,9-12,14H2,1-2H3,(H,23,27)/t18-,19+,20-/m1/s1. The lowest BCUT2D eigenvalue weighted by Gasteiger charge is -2.24. The molecule has 2 aliphatic heterocycles. The molecule has 3 heterocycles. The van der Waals surface area contributed by atoms with Crippen LogP contribution in [0.2, 0.25) is 0 Å². The van der Waals surface area contributed by atoms with E-state index in [1.165, 1.54) is 5.56 Å². The molecule has 0 bridgehead atoms. The summed E-state index contributed by atoms with van der Waals surface area (Å²) in [4.78, 5) is 31.5. The molecule has 2 aromatic rings. The van der Waals surface area contributed by atoms with Gasteiger partial charge in [0.1, 0.15) is 0 Å². The number of carbonyl (C=O) groups excluding carboxylic acids is 1. The lowest BCUT2D eigenvalue weighted by molar-refractivity contribution is -0.125. The smallest absolute Gasteiger partial charge is 0.348 e. The summed E-state index contributed by atoms with van der Waals surface area (Å²) in [6, 6.07) is 13.1. The van der Waals surface area contributed by atoms with Crippen molar-refractivity contribution in [1.29, 1.82) is 0 Å². The van der Waals surface area contributed by atoms with Crippen LogP contribution in [0.4, 0.5) is 0 Å². The second-order valence-corrected chi connectivity index (χ2v) is 7.98. The van der Waals surface area contributed by atoms with Crippen molar-refractivity contribution < 1.29 is 4.79 Å². The van der Waals surface area contributed by atoms with E-state index in [1.54, 1.807) is 4.57 Å². The molecule has 148 valence electrons. The Bertz CT molecular complexity index is 908. The van der Waals surface area contributed by atoms with Gasteiger partial charge in [0.25, 0.3) is 0 Å². The van der Waals surface area contributed by atoms with Crippen molar-refractivity contribution in [3.63, 3.8) is 0 Å². The van der Waals surface area contributed by atoms with Crippen LogP contribution in [0.25, 0.3) is 0 Å². The molecule has 1 aromatic carbocycles. The van der Waals surface area contributed by atoms with Crippen molar-refractivity contribution in [3.05, 3.63) is 63.8 Å². The first-order valence-electron chi connectivity index (χ1n) is 10.2. The first kappa shape index (κ1) is 18.9. The zero-order chi connectivity index (χ0) is 19.7. The molecule has 1 N–H and O–H groups in total. The highest BCUT2D eigenvalue weighted by molar-refractivity contribution is 5.80. The summed E-state index contributed by atoms with van der Waals surface area (Å²) < 4.78 is 1.62. The lowest BCUT2D eigenvalue weighted by Crippen LogP contribution is -2.39. The van der Waals surface area contributed by atoms with Gasteiger partial charge in [-0.05, 0) is 51.3 Å². The number of aryl methyl sites for hydroxylation is 2. The van der Waals surface area contributed by atoms with Crippen molar-refractivity contribution in [1.82, 2.24) is 19.8 Å². The summed E-state index contributed by atoms with van der Waals surface area (Å²) >= 11 is 0. The fourth-order valence-electron chi connectivity index (χ4n) is 4.92. The van der Waals surface area contributed by atoms with Crippen molar-refractivity contribution >= 4 is 5.91 Å². The molecule has 4 rings (SSSR count). The Labute approximate surface area is 165 Å². The van der Waals surface area contributed by atoms with Crippen LogP contribution in [-0.2, 0) is 11.3 Å². The van der Waals surface area contributed by atoms with Gasteiger partial charge in [-0.25, -0.2) is 4.79 Å². The molecule has 1 amide bonds. The van der Waals surface area contributed by atoms with Crippen molar-refractivity contribution in [2.45, 2.75) is 51.7 Å². The molecule has 0 radical (unpaired) electrons. The molecule has 3 atom stereocenters. The first-order valence-corrected chi connectivity index (χ1v) is 10.2. The molecule has 2 aliphatic rings. The molecular formula is C22H28N4O2. The van der Waals surface area contributed by atoms with Gasteiger partial charge >= 0.3 is 5.69 Å². The molecule has 1 aromatic heterocycles. The van der Waals surface area contributed by atoms with E-state index in [0.717, 1.165) is 37.2 Å². The van der Waals surface area contributed by atoms with Gasteiger partial charge in [-0.1, -0.05) is 30.3 Å². The number of hydrogen-bond acceptors (Lipinski definition) is 4. The third-order valence-corrected chi connectivity index (χ3v) is 6.19. The van der Waals surface area contributed by atoms with Gasteiger partial charge in [-0.15, -0.1) is 0 Å². The Balaban J connectivity index is 1.40. The minimum Gasteiger partial charge on any atom is -0.354 e. The Morgan fingerprint density at radius 1 is 1.25 bits per heavy atom. The number of fused-ring (bicyclic) bond motifs is 1. The van der Waals surface area contributed by atoms with E-state index in [2.05, 4.69) is 39.5 Å². The number of nitrogens with one attached hydrogen (secondary N) is 1. The van der Waals surface area contributed by atoms with Crippen LogP contribution in [-0.4, -0.2) is 39.5 Å². The fraction of sp³-hybridized carbons (Fsp3) is 0.500. The number of hydrogen-bond donors (Lipinski definition) is 1. The van der Waals surface area contributed by atoms with E-state index in [4.69, 9.17) is 0 Å². The lowest BCUT2D eigenvalue weighted by atomic mass is 9.93. The van der Waals surface area contributed by atoms with E-state index < -0.39 is 0 Å². The number of benzene rings is 1. The minimum atomic E-state index is -0.251. The average molecular weight is 380 g/mol. The molecule has 28 heavy (non-hydrogen) atoms. The van der Waals surface area contributed by atoms with E-state index in [1.807, 2.05) is 26.0 Å². The number of aromatic nitrogens is 2.